The minimum absolute atomic E-state index is 0.0562. The first-order valence-corrected chi connectivity index (χ1v) is 7.51. The second-order valence-corrected chi connectivity index (χ2v) is 6.65. The molecule has 1 fully saturated rings. The van der Waals surface area contributed by atoms with Crippen LogP contribution in [0.1, 0.15) is 18.9 Å². The van der Waals surface area contributed by atoms with Crippen LogP contribution in [0.25, 0.3) is 0 Å². The number of nitrogens with two attached hydrogens (primary N) is 1. The molecule has 19 heavy (non-hydrogen) atoms. The minimum Gasteiger partial charge on any atom is -0.326 e. The first-order chi connectivity index (χ1) is 8.85. The second kappa shape index (κ2) is 5.15. The van der Waals surface area contributed by atoms with Gasteiger partial charge in [0.25, 0.3) is 0 Å². The highest BCUT2D eigenvalue weighted by Crippen LogP contribution is 2.37. The summed E-state index contributed by atoms with van der Waals surface area (Å²) in [5.41, 5.74) is 5.56. The molecule has 0 saturated heterocycles. The Hall–Kier alpha value is -1.05. The molecular formula is C12H16F2N2O2S. The molecule has 1 aliphatic rings. The van der Waals surface area contributed by atoms with Gasteiger partial charge in [-0.2, -0.15) is 0 Å². The standard InChI is InChI=1S/C12H16F2N2O2S/c1-7-2-9(7)6-16-19(17,18)11-4-8(5-15)3-10(13)12(11)14/h3-4,7,9,16H,2,5-6,15H2,1H3. The van der Waals surface area contributed by atoms with E-state index in [4.69, 9.17) is 5.73 Å². The van der Waals surface area contributed by atoms with Gasteiger partial charge in [-0.3, -0.25) is 0 Å². The van der Waals surface area contributed by atoms with Crippen molar-refractivity contribution in [3.8, 4) is 0 Å². The topological polar surface area (TPSA) is 72.2 Å². The number of hydrogen-bond acceptors (Lipinski definition) is 3. The van der Waals surface area contributed by atoms with Crippen LogP contribution in [0.4, 0.5) is 8.78 Å². The molecule has 1 aliphatic carbocycles. The largest absolute Gasteiger partial charge is 0.326 e. The maximum Gasteiger partial charge on any atom is 0.243 e. The molecule has 0 radical (unpaired) electrons. The zero-order valence-electron chi connectivity index (χ0n) is 10.5. The third-order valence-electron chi connectivity index (χ3n) is 3.39. The molecule has 2 unspecified atom stereocenters. The average molecular weight is 290 g/mol. The Balaban J connectivity index is 2.25. The van der Waals surface area contributed by atoms with Crippen molar-refractivity contribution < 1.29 is 17.2 Å². The molecule has 0 amide bonds. The molecule has 1 aromatic rings. The van der Waals surface area contributed by atoms with Crippen molar-refractivity contribution in [1.82, 2.24) is 4.72 Å². The molecule has 0 aliphatic heterocycles. The lowest BCUT2D eigenvalue weighted by molar-refractivity contribution is 0.481. The van der Waals surface area contributed by atoms with Crippen LogP contribution in [0, 0.1) is 23.5 Å². The van der Waals surface area contributed by atoms with Crippen molar-refractivity contribution in [3.63, 3.8) is 0 Å². The van der Waals surface area contributed by atoms with Crippen LogP contribution in [-0.2, 0) is 16.6 Å². The Labute approximate surface area is 111 Å². The van der Waals surface area contributed by atoms with Crippen molar-refractivity contribution >= 4 is 10.0 Å². The molecule has 3 N–H and O–H groups in total. The van der Waals surface area contributed by atoms with E-state index in [-0.39, 0.29) is 24.6 Å². The maximum absolute atomic E-state index is 13.6. The van der Waals surface area contributed by atoms with E-state index in [1.807, 2.05) is 6.92 Å². The van der Waals surface area contributed by atoms with Gasteiger partial charge >= 0.3 is 0 Å². The van der Waals surface area contributed by atoms with Crippen molar-refractivity contribution in [3.05, 3.63) is 29.3 Å². The maximum atomic E-state index is 13.6. The van der Waals surface area contributed by atoms with Crippen LogP contribution < -0.4 is 10.5 Å². The first-order valence-electron chi connectivity index (χ1n) is 6.03. The molecule has 106 valence electrons. The van der Waals surface area contributed by atoms with Gasteiger partial charge in [0.1, 0.15) is 4.90 Å². The van der Waals surface area contributed by atoms with E-state index in [1.165, 1.54) is 0 Å². The molecule has 1 aromatic carbocycles. The summed E-state index contributed by atoms with van der Waals surface area (Å²) in [5, 5.41) is 0. The number of hydrogen-bond donors (Lipinski definition) is 2. The first kappa shape index (κ1) is 14.4. The van der Waals surface area contributed by atoms with Gasteiger partial charge in [-0.25, -0.2) is 21.9 Å². The van der Waals surface area contributed by atoms with E-state index in [2.05, 4.69) is 4.72 Å². The molecule has 2 rings (SSSR count). The van der Waals surface area contributed by atoms with Crippen LogP contribution >= 0.6 is 0 Å². The molecule has 1 saturated carbocycles. The predicted octanol–water partition coefficient (Wildman–Crippen LogP) is 1.36. The zero-order chi connectivity index (χ0) is 14.2. The number of rotatable bonds is 5. The van der Waals surface area contributed by atoms with Crippen LogP contribution in [0.2, 0.25) is 0 Å². The van der Waals surface area contributed by atoms with E-state index in [1.54, 1.807) is 0 Å². The van der Waals surface area contributed by atoms with E-state index in [0.29, 0.717) is 5.92 Å². The van der Waals surface area contributed by atoms with Crippen molar-refractivity contribution in [2.75, 3.05) is 6.54 Å². The lowest BCUT2D eigenvalue weighted by Crippen LogP contribution is -2.27. The highest BCUT2D eigenvalue weighted by atomic mass is 32.2. The molecule has 7 heteroatoms. The van der Waals surface area contributed by atoms with Crippen molar-refractivity contribution in [1.29, 1.82) is 0 Å². The molecule has 0 bridgehead atoms. The van der Waals surface area contributed by atoms with E-state index < -0.39 is 26.6 Å². The van der Waals surface area contributed by atoms with Gasteiger partial charge in [-0.05, 0) is 36.0 Å². The lowest BCUT2D eigenvalue weighted by atomic mass is 10.2. The van der Waals surface area contributed by atoms with E-state index >= 15 is 0 Å². The Morgan fingerprint density at radius 3 is 2.58 bits per heavy atom. The highest BCUT2D eigenvalue weighted by molar-refractivity contribution is 7.89. The summed E-state index contributed by atoms with van der Waals surface area (Å²) < 4.78 is 53.1. The summed E-state index contributed by atoms with van der Waals surface area (Å²) in [6.45, 7) is 2.20. The molecular weight excluding hydrogens is 274 g/mol. The second-order valence-electron chi connectivity index (χ2n) is 4.92. The van der Waals surface area contributed by atoms with Gasteiger partial charge in [0.15, 0.2) is 11.6 Å². The molecule has 2 atom stereocenters. The monoisotopic (exact) mass is 290 g/mol. The smallest absolute Gasteiger partial charge is 0.243 e. The molecule has 0 spiro atoms. The fourth-order valence-corrected chi connectivity index (χ4v) is 3.14. The van der Waals surface area contributed by atoms with Crippen LogP contribution in [0.3, 0.4) is 0 Å². The van der Waals surface area contributed by atoms with Gasteiger partial charge in [-0.1, -0.05) is 6.92 Å². The van der Waals surface area contributed by atoms with Crippen LogP contribution in [0.5, 0.6) is 0 Å². The van der Waals surface area contributed by atoms with Crippen molar-refractivity contribution in [2.24, 2.45) is 17.6 Å². The van der Waals surface area contributed by atoms with Gasteiger partial charge in [-0.15, -0.1) is 0 Å². The Morgan fingerprint density at radius 2 is 2.05 bits per heavy atom. The van der Waals surface area contributed by atoms with Crippen molar-refractivity contribution in [2.45, 2.75) is 24.8 Å². The van der Waals surface area contributed by atoms with Crippen LogP contribution in [-0.4, -0.2) is 15.0 Å². The third kappa shape index (κ3) is 3.10. The lowest BCUT2D eigenvalue weighted by Gasteiger charge is -2.09. The Bertz CT molecular complexity index is 590. The SMILES string of the molecule is CC1CC1CNS(=O)(=O)c1cc(CN)cc(F)c1F. The summed E-state index contributed by atoms with van der Waals surface area (Å²) in [6, 6.07) is 1.97. The minimum atomic E-state index is -4.05. The third-order valence-corrected chi connectivity index (χ3v) is 4.81. The molecule has 0 heterocycles. The molecule has 0 aromatic heterocycles. The fourth-order valence-electron chi connectivity index (χ4n) is 1.91. The molecule has 4 nitrogen and oxygen atoms in total. The highest BCUT2D eigenvalue weighted by Gasteiger charge is 2.34. The average Bonchev–Trinajstić information content (AvgIpc) is 3.06. The van der Waals surface area contributed by atoms with Gasteiger partial charge in [0, 0.05) is 13.1 Å². The Kier molecular flexibility index (Phi) is 3.89. The predicted molar refractivity (Wildman–Crippen MR) is 66.7 cm³/mol. The van der Waals surface area contributed by atoms with E-state index in [0.717, 1.165) is 18.6 Å². The number of nitrogens with one attached hydrogen (secondary N) is 1. The quantitative estimate of drug-likeness (QED) is 0.860. The summed E-state index contributed by atoms with van der Waals surface area (Å²) in [7, 11) is -4.05. The number of halogens is 2. The zero-order valence-corrected chi connectivity index (χ0v) is 11.3. The normalized spacial score (nSPS) is 22.5. The number of sulfonamides is 1. The summed E-state index contributed by atoms with van der Waals surface area (Å²) in [6.07, 6.45) is 0.947. The summed E-state index contributed by atoms with van der Waals surface area (Å²) in [5.74, 6) is -1.82. The van der Waals surface area contributed by atoms with E-state index in [9.17, 15) is 17.2 Å². The van der Waals surface area contributed by atoms with Gasteiger partial charge in [0.2, 0.25) is 10.0 Å². The van der Waals surface area contributed by atoms with Gasteiger partial charge in [0.05, 0.1) is 0 Å². The summed E-state index contributed by atoms with van der Waals surface area (Å²) >= 11 is 0. The Morgan fingerprint density at radius 1 is 1.42 bits per heavy atom. The van der Waals surface area contributed by atoms with Crippen LogP contribution in [0.15, 0.2) is 17.0 Å². The fraction of sp³-hybridized carbons (Fsp3) is 0.500. The van der Waals surface area contributed by atoms with Gasteiger partial charge < -0.3 is 5.73 Å². The summed E-state index contributed by atoms with van der Waals surface area (Å²) in [4.78, 5) is -0.679. The number of benzene rings is 1.